The SMILES string of the molecule is COCCOC1CCC(NC(=O)c2cc(Cl)cc(Br)n2)CC1. The predicted octanol–water partition coefficient (Wildman–Crippen LogP) is 3.20. The molecule has 1 N–H and O–H groups in total. The van der Waals surface area contributed by atoms with Gasteiger partial charge in [0.1, 0.15) is 10.3 Å². The molecule has 0 saturated heterocycles. The van der Waals surface area contributed by atoms with Crippen molar-refractivity contribution in [3.05, 3.63) is 27.5 Å². The Hall–Kier alpha value is -0.690. The maximum Gasteiger partial charge on any atom is 0.270 e. The van der Waals surface area contributed by atoms with E-state index in [4.69, 9.17) is 21.1 Å². The number of aromatic nitrogens is 1. The average Bonchev–Trinajstić information content (AvgIpc) is 2.48. The minimum absolute atomic E-state index is 0.161. The van der Waals surface area contributed by atoms with Crippen LogP contribution in [0.25, 0.3) is 0 Å². The molecule has 0 radical (unpaired) electrons. The first-order valence-electron chi connectivity index (χ1n) is 7.33. The van der Waals surface area contributed by atoms with Crippen LogP contribution in [0.1, 0.15) is 36.2 Å². The van der Waals surface area contributed by atoms with Gasteiger partial charge in [-0.2, -0.15) is 0 Å². The zero-order valence-corrected chi connectivity index (χ0v) is 14.8. The minimum Gasteiger partial charge on any atom is -0.382 e. The van der Waals surface area contributed by atoms with Gasteiger partial charge in [-0.25, -0.2) is 4.98 Å². The summed E-state index contributed by atoms with van der Waals surface area (Å²) < 4.78 is 11.2. The molecule has 0 aliphatic heterocycles. The molecule has 1 aromatic heterocycles. The van der Waals surface area contributed by atoms with Crippen molar-refractivity contribution in [2.75, 3.05) is 20.3 Å². The summed E-state index contributed by atoms with van der Waals surface area (Å²) in [4.78, 5) is 16.4. The summed E-state index contributed by atoms with van der Waals surface area (Å²) in [6, 6.07) is 3.39. The van der Waals surface area contributed by atoms with Crippen molar-refractivity contribution in [2.45, 2.75) is 37.8 Å². The summed E-state index contributed by atoms with van der Waals surface area (Å²) in [6.07, 6.45) is 3.97. The zero-order valence-electron chi connectivity index (χ0n) is 12.5. The van der Waals surface area contributed by atoms with Gasteiger partial charge >= 0.3 is 0 Å². The highest BCUT2D eigenvalue weighted by atomic mass is 79.9. The lowest BCUT2D eigenvalue weighted by Crippen LogP contribution is -2.39. The Kier molecular flexibility index (Phi) is 7.08. The number of carbonyl (C=O) groups excluding carboxylic acids is 1. The predicted molar refractivity (Wildman–Crippen MR) is 88.3 cm³/mol. The summed E-state index contributed by atoms with van der Waals surface area (Å²) >= 11 is 9.18. The summed E-state index contributed by atoms with van der Waals surface area (Å²) in [5.41, 5.74) is 0.331. The smallest absolute Gasteiger partial charge is 0.270 e. The van der Waals surface area contributed by atoms with E-state index in [0.29, 0.717) is 28.5 Å². The summed E-state index contributed by atoms with van der Waals surface area (Å²) in [6.45, 7) is 1.24. The molecule has 5 nitrogen and oxygen atoms in total. The van der Waals surface area contributed by atoms with Crippen LogP contribution in [0, 0.1) is 0 Å². The van der Waals surface area contributed by atoms with Crippen LogP contribution in [0.4, 0.5) is 0 Å². The first-order valence-corrected chi connectivity index (χ1v) is 8.50. The molecule has 0 spiro atoms. The highest BCUT2D eigenvalue weighted by Crippen LogP contribution is 2.22. The molecule has 1 saturated carbocycles. The molecule has 0 atom stereocenters. The molecule has 1 aliphatic carbocycles. The molecule has 1 aromatic rings. The van der Waals surface area contributed by atoms with Gasteiger partial charge in [0, 0.05) is 18.2 Å². The minimum atomic E-state index is -0.188. The topological polar surface area (TPSA) is 60.5 Å². The van der Waals surface area contributed by atoms with Gasteiger partial charge in [-0.3, -0.25) is 4.79 Å². The van der Waals surface area contributed by atoms with Gasteiger partial charge in [0.15, 0.2) is 0 Å². The molecule has 1 amide bonds. The molecule has 7 heteroatoms. The highest BCUT2D eigenvalue weighted by molar-refractivity contribution is 9.10. The number of hydrogen-bond acceptors (Lipinski definition) is 4. The third-order valence-corrected chi connectivity index (χ3v) is 4.27. The van der Waals surface area contributed by atoms with Crippen molar-refractivity contribution < 1.29 is 14.3 Å². The molecule has 0 aromatic carbocycles. The van der Waals surface area contributed by atoms with Gasteiger partial charge in [-0.1, -0.05) is 11.6 Å². The van der Waals surface area contributed by atoms with Crippen molar-refractivity contribution in [1.82, 2.24) is 10.3 Å². The Bertz CT molecular complexity index is 487. The van der Waals surface area contributed by atoms with Gasteiger partial charge in [-0.05, 0) is 53.7 Å². The zero-order chi connectivity index (χ0) is 15.9. The van der Waals surface area contributed by atoms with Crippen molar-refractivity contribution in [3.8, 4) is 0 Å². The van der Waals surface area contributed by atoms with Gasteiger partial charge in [0.2, 0.25) is 0 Å². The maximum absolute atomic E-state index is 12.2. The van der Waals surface area contributed by atoms with Crippen LogP contribution in [-0.4, -0.2) is 43.4 Å². The third-order valence-electron chi connectivity index (χ3n) is 3.64. The number of nitrogens with one attached hydrogen (secondary N) is 1. The Balaban J connectivity index is 1.79. The summed E-state index contributed by atoms with van der Waals surface area (Å²) in [7, 11) is 1.66. The van der Waals surface area contributed by atoms with Crippen molar-refractivity contribution in [1.29, 1.82) is 0 Å². The quantitative estimate of drug-likeness (QED) is 0.597. The molecule has 0 unspecified atom stereocenters. The van der Waals surface area contributed by atoms with Crippen LogP contribution < -0.4 is 5.32 Å². The number of methoxy groups -OCH3 is 1. The molecule has 1 fully saturated rings. The van der Waals surface area contributed by atoms with E-state index < -0.39 is 0 Å². The highest BCUT2D eigenvalue weighted by Gasteiger charge is 2.23. The maximum atomic E-state index is 12.2. The Morgan fingerprint density at radius 1 is 1.36 bits per heavy atom. The van der Waals surface area contributed by atoms with Gasteiger partial charge < -0.3 is 14.8 Å². The fraction of sp³-hybridized carbons (Fsp3) is 0.600. The average molecular weight is 392 g/mol. The molecule has 1 aliphatic rings. The van der Waals surface area contributed by atoms with Crippen LogP contribution in [0.5, 0.6) is 0 Å². The Morgan fingerprint density at radius 2 is 2.09 bits per heavy atom. The second-order valence-electron chi connectivity index (χ2n) is 5.30. The lowest BCUT2D eigenvalue weighted by molar-refractivity contribution is -0.00409. The number of hydrogen-bond donors (Lipinski definition) is 1. The van der Waals surface area contributed by atoms with Gasteiger partial charge in [0.25, 0.3) is 5.91 Å². The number of nitrogens with zero attached hydrogens (tertiary/aromatic N) is 1. The number of pyridine rings is 1. The Morgan fingerprint density at radius 3 is 2.73 bits per heavy atom. The van der Waals surface area contributed by atoms with Crippen LogP contribution in [0.15, 0.2) is 16.7 Å². The van der Waals surface area contributed by atoms with E-state index in [1.54, 1.807) is 19.2 Å². The molecule has 1 heterocycles. The largest absolute Gasteiger partial charge is 0.382 e. The number of rotatable bonds is 6. The van der Waals surface area contributed by atoms with Crippen molar-refractivity contribution >= 4 is 33.4 Å². The molecule has 0 bridgehead atoms. The standard InChI is InChI=1S/C15H20BrClN2O3/c1-21-6-7-22-12-4-2-11(3-5-12)18-15(20)13-8-10(17)9-14(16)19-13/h8-9,11-12H,2-7H2,1H3,(H,18,20). The molecular weight excluding hydrogens is 372 g/mol. The molecule has 22 heavy (non-hydrogen) atoms. The number of amides is 1. The van der Waals surface area contributed by atoms with E-state index in [-0.39, 0.29) is 18.1 Å². The van der Waals surface area contributed by atoms with E-state index in [1.165, 1.54) is 0 Å². The fourth-order valence-electron chi connectivity index (χ4n) is 2.51. The second kappa shape index (κ2) is 8.82. The number of ether oxygens (including phenoxy) is 2. The van der Waals surface area contributed by atoms with Crippen LogP contribution in [0.2, 0.25) is 5.02 Å². The van der Waals surface area contributed by atoms with Crippen LogP contribution >= 0.6 is 27.5 Å². The van der Waals surface area contributed by atoms with E-state index in [1.807, 2.05) is 0 Å². The van der Waals surface area contributed by atoms with Gasteiger partial charge in [-0.15, -0.1) is 0 Å². The van der Waals surface area contributed by atoms with E-state index in [2.05, 4.69) is 26.2 Å². The van der Waals surface area contributed by atoms with Crippen LogP contribution in [-0.2, 0) is 9.47 Å². The second-order valence-corrected chi connectivity index (χ2v) is 6.55. The number of carbonyl (C=O) groups is 1. The third kappa shape index (κ3) is 5.50. The summed E-state index contributed by atoms with van der Waals surface area (Å²) in [5.74, 6) is -0.188. The molecule has 2 rings (SSSR count). The Labute approximate surface area is 143 Å². The normalized spacial score (nSPS) is 21.6. The van der Waals surface area contributed by atoms with E-state index in [9.17, 15) is 4.79 Å². The molecule has 122 valence electrons. The lowest BCUT2D eigenvalue weighted by Gasteiger charge is -2.29. The first kappa shape index (κ1) is 17.7. The van der Waals surface area contributed by atoms with Gasteiger partial charge in [0.05, 0.1) is 19.3 Å². The first-order chi connectivity index (χ1) is 10.6. The monoisotopic (exact) mass is 390 g/mol. The van der Waals surface area contributed by atoms with Crippen molar-refractivity contribution in [3.63, 3.8) is 0 Å². The fourth-order valence-corrected chi connectivity index (χ4v) is 3.29. The van der Waals surface area contributed by atoms with Crippen molar-refractivity contribution in [2.24, 2.45) is 0 Å². The number of halogens is 2. The summed E-state index contributed by atoms with van der Waals surface area (Å²) in [5, 5.41) is 3.50. The lowest BCUT2D eigenvalue weighted by atomic mass is 9.93. The van der Waals surface area contributed by atoms with E-state index in [0.717, 1.165) is 25.7 Å². The molecular formula is C15H20BrClN2O3. The van der Waals surface area contributed by atoms with Crippen LogP contribution in [0.3, 0.4) is 0 Å². The van der Waals surface area contributed by atoms with E-state index >= 15 is 0 Å².